The maximum absolute atomic E-state index is 5.86. The highest BCUT2D eigenvalue weighted by molar-refractivity contribution is 5.20. The highest BCUT2D eigenvalue weighted by Gasteiger charge is 2.22. The second kappa shape index (κ2) is 5.46. The number of nitrogens with one attached hydrogen (secondary N) is 1. The summed E-state index contributed by atoms with van der Waals surface area (Å²) in [4.78, 5) is 0. The molecule has 4 heteroatoms. The lowest BCUT2D eigenvalue weighted by molar-refractivity contribution is 0.00898. The zero-order valence-electron chi connectivity index (χ0n) is 10.2. The van der Waals surface area contributed by atoms with Crippen LogP contribution in [0.2, 0.25) is 0 Å². The fourth-order valence-electron chi connectivity index (χ4n) is 2.34. The van der Waals surface area contributed by atoms with Crippen molar-refractivity contribution in [3.63, 3.8) is 0 Å². The van der Waals surface area contributed by atoms with E-state index in [0.29, 0.717) is 0 Å². The zero-order valence-corrected chi connectivity index (χ0v) is 10.2. The van der Waals surface area contributed by atoms with Crippen LogP contribution in [0.25, 0.3) is 0 Å². The van der Waals surface area contributed by atoms with E-state index in [-0.39, 0.29) is 6.10 Å². The second-order valence-electron chi connectivity index (χ2n) is 4.26. The largest absolute Gasteiger partial charge is 0.372 e. The third kappa shape index (κ3) is 2.28. The van der Waals surface area contributed by atoms with Gasteiger partial charge in [0.25, 0.3) is 0 Å². The van der Waals surface area contributed by atoms with Gasteiger partial charge < -0.3 is 10.1 Å². The highest BCUT2D eigenvalue weighted by atomic mass is 16.5. The van der Waals surface area contributed by atoms with E-state index < -0.39 is 0 Å². The van der Waals surface area contributed by atoms with Crippen molar-refractivity contribution in [1.82, 2.24) is 15.1 Å². The van der Waals surface area contributed by atoms with Gasteiger partial charge in [-0.2, -0.15) is 5.10 Å². The summed E-state index contributed by atoms with van der Waals surface area (Å²) in [5.41, 5.74) is 2.55. The summed E-state index contributed by atoms with van der Waals surface area (Å²) < 4.78 is 7.94. The van der Waals surface area contributed by atoms with E-state index in [1.165, 1.54) is 24.1 Å². The number of rotatable bonds is 4. The summed E-state index contributed by atoms with van der Waals surface area (Å²) in [5, 5.41) is 7.62. The number of hydrogen-bond acceptors (Lipinski definition) is 3. The molecule has 90 valence electrons. The Balaban J connectivity index is 2.23. The lowest BCUT2D eigenvalue weighted by Gasteiger charge is -2.24. The molecule has 1 fully saturated rings. The first-order valence-electron chi connectivity index (χ1n) is 6.17. The van der Waals surface area contributed by atoms with E-state index in [9.17, 15) is 0 Å². The first-order valence-corrected chi connectivity index (χ1v) is 6.17. The lowest BCUT2D eigenvalue weighted by atomic mass is 10.0. The molecule has 1 unspecified atom stereocenters. The van der Waals surface area contributed by atoms with E-state index in [1.807, 2.05) is 13.2 Å². The van der Waals surface area contributed by atoms with Crippen LogP contribution in [0.1, 0.15) is 43.5 Å². The number of aryl methyl sites for hydroxylation is 1. The molecule has 0 aromatic carbocycles. The summed E-state index contributed by atoms with van der Waals surface area (Å²) >= 11 is 0. The Morgan fingerprint density at radius 3 is 3.06 bits per heavy atom. The van der Waals surface area contributed by atoms with Crippen LogP contribution in [-0.2, 0) is 17.8 Å². The SMILES string of the molecule is CCn1ncc(CNC)c1C1CCCCO1. The molecule has 0 radical (unpaired) electrons. The van der Waals surface area contributed by atoms with Crippen molar-refractivity contribution < 1.29 is 4.74 Å². The summed E-state index contributed by atoms with van der Waals surface area (Å²) in [6.07, 6.45) is 5.80. The minimum atomic E-state index is 0.250. The van der Waals surface area contributed by atoms with Crippen molar-refractivity contribution in [3.05, 3.63) is 17.5 Å². The molecule has 0 spiro atoms. The molecule has 4 nitrogen and oxygen atoms in total. The summed E-state index contributed by atoms with van der Waals surface area (Å²) in [6.45, 7) is 4.80. The van der Waals surface area contributed by atoms with Crippen LogP contribution in [0.3, 0.4) is 0 Å². The molecule has 0 bridgehead atoms. The average Bonchev–Trinajstić information content (AvgIpc) is 2.74. The third-order valence-corrected chi connectivity index (χ3v) is 3.11. The van der Waals surface area contributed by atoms with Gasteiger partial charge in [-0.1, -0.05) is 0 Å². The Morgan fingerprint density at radius 2 is 2.44 bits per heavy atom. The van der Waals surface area contributed by atoms with Crippen LogP contribution in [0.15, 0.2) is 6.20 Å². The van der Waals surface area contributed by atoms with Crippen molar-refractivity contribution in [2.75, 3.05) is 13.7 Å². The third-order valence-electron chi connectivity index (χ3n) is 3.11. The first-order chi connectivity index (χ1) is 7.86. The Kier molecular flexibility index (Phi) is 3.96. The van der Waals surface area contributed by atoms with Gasteiger partial charge in [0.1, 0.15) is 0 Å². The number of ether oxygens (including phenoxy) is 1. The standard InChI is InChI=1S/C12H21N3O/c1-3-15-12(10(8-13-2)9-14-15)11-6-4-5-7-16-11/h9,11,13H,3-8H2,1-2H3. The average molecular weight is 223 g/mol. The molecule has 1 aliphatic heterocycles. The van der Waals surface area contributed by atoms with Crippen LogP contribution in [0.4, 0.5) is 0 Å². The quantitative estimate of drug-likeness (QED) is 0.847. The van der Waals surface area contributed by atoms with Crippen LogP contribution in [0.5, 0.6) is 0 Å². The second-order valence-corrected chi connectivity index (χ2v) is 4.26. The molecule has 2 rings (SSSR count). The van der Waals surface area contributed by atoms with Gasteiger partial charge in [0.2, 0.25) is 0 Å². The molecule has 0 amide bonds. The molecule has 0 saturated carbocycles. The molecule has 1 atom stereocenters. The first kappa shape index (κ1) is 11.6. The van der Waals surface area contributed by atoms with Crippen molar-refractivity contribution >= 4 is 0 Å². The summed E-state index contributed by atoms with van der Waals surface area (Å²) in [6, 6.07) is 0. The molecule has 1 saturated heterocycles. The molecule has 1 aliphatic rings. The topological polar surface area (TPSA) is 39.1 Å². The Hall–Kier alpha value is -0.870. The van der Waals surface area contributed by atoms with Crippen molar-refractivity contribution in [3.8, 4) is 0 Å². The molecule has 2 heterocycles. The van der Waals surface area contributed by atoms with E-state index in [0.717, 1.165) is 26.1 Å². The molecule has 1 aromatic heterocycles. The van der Waals surface area contributed by atoms with Crippen LogP contribution in [0, 0.1) is 0 Å². The van der Waals surface area contributed by atoms with Gasteiger partial charge in [-0.3, -0.25) is 4.68 Å². The van der Waals surface area contributed by atoms with Crippen LogP contribution in [-0.4, -0.2) is 23.4 Å². The number of aromatic nitrogens is 2. The van der Waals surface area contributed by atoms with E-state index >= 15 is 0 Å². The van der Waals surface area contributed by atoms with Crippen molar-refractivity contribution in [1.29, 1.82) is 0 Å². The normalized spacial score (nSPS) is 21.2. The fourth-order valence-corrected chi connectivity index (χ4v) is 2.34. The zero-order chi connectivity index (χ0) is 11.4. The Bertz CT molecular complexity index is 329. The minimum absolute atomic E-state index is 0.250. The van der Waals surface area contributed by atoms with Crippen LogP contribution < -0.4 is 5.32 Å². The molecular weight excluding hydrogens is 202 g/mol. The monoisotopic (exact) mass is 223 g/mol. The molecule has 0 aliphatic carbocycles. The molecule has 1 N–H and O–H groups in total. The van der Waals surface area contributed by atoms with Crippen molar-refractivity contribution in [2.45, 2.75) is 45.4 Å². The minimum Gasteiger partial charge on any atom is -0.372 e. The molecule has 1 aromatic rings. The van der Waals surface area contributed by atoms with Gasteiger partial charge in [0.05, 0.1) is 18.0 Å². The van der Waals surface area contributed by atoms with Gasteiger partial charge in [-0.05, 0) is 33.2 Å². The summed E-state index contributed by atoms with van der Waals surface area (Å²) in [5.74, 6) is 0. The van der Waals surface area contributed by atoms with Crippen molar-refractivity contribution in [2.24, 2.45) is 0 Å². The number of hydrogen-bond donors (Lipinski definition) is 1. The smallest absolute Gasteiger partial charge is 0.0994 e. The van der Waals surface area contributed by atoms with E-state index in [2.05, 4.69) is 22.0 Å². The van der Waals surface area contributed by atoms with Crippen LogP contribution >= 0.6 is 0 Å². The highest BCUT2D eigenvalue weighted by Crippen LogP contribution is 2.30. The predicted octanol–water partition coefficient (Wildman–Crippen LogP) is 1.86. The fraction of sp³-hybridized carbons (Fsp3) is 0.750. The van der Waals surface area contributed by atoms with Gasteiger partial charge in [-0.25, -0.2) is 0 Å². The van der Waals surface area contributed by atoms with E-state index in [4.69, 9.17) is 4.74 Å². The maximum atomic E-state index is 5.86. The lowest BCUT2D eigenvalue weighted by Crippen LogP contribution is -2.18. The number of nitrogens with zero attached hydrogens (tertiary/aromatic N) is 2. The van der Waals surface area contributed by atoms with Gasteiger partial charge >= 0.3 is 0 Å². The summed E-state index contributed by atoms with van der Waals surface area (Å²) in [7, 11) is 1.97. The Morgan fingerprint density at radius 1 is 1.56 bits per heavy atom. The Labute approximate surface area is 97.0 Å². The van der Waals surface area contributed by atoms with E-state index in [1.54, 1.807) is 0 Å². The van der Waals surface area contributed by atoms with Gasteiger partial charge in [0, 0.05) is 25.3 Å². The predicted molar refractivity (Wildman–Crippen MR) is 63.2 cm³/mol. The van der Waals surface area contributed by atoms with Gasteiger partial charge in [0.15, 0.2) is 0 Å². The maximum Gasteiger partial charge on any atom is 0.0994 e. The molecular formula is C12H21N3O. The molecule has 16 heavy (non-hydrogen) atoms. The van der Waals surface area contributed by atoms with Gasteiger partial charge in [-0.15, -0.1) is 0 Å².